The molecule has 6 nitrogen and oxygen atoms in total. The van der Waals surface area contributed by atoms with Crippen LogP contribution in [-0.4, -0.2) is 19.9 Å². The highest BCUT2D eigenvalue weighted by atomic mass is 16.5. The summed E-state index contributed by atoms with van der Waals surface area (Å²) >= 11 is 0. The molecule has 0 spiro atoms. The molecule has 0 fully saturated rings. The Bertz CT molecular complexity index is 568. The predicted molar refractivity (Wildman–Crippen MR) is 77.0 cm³/mol. The summed E-state index contributed by atoms with van der Waals surface area (Å²) < 4.78 is 7.28. The van der Waals surface area contributed by atoms with E-state index in [0.717, 1.165) is 37.2 Å². The van der Waals surface area contributed by atoms with Crippen LogP contribution in [-0.2, 0) is 18.5 Å². The Morgan fingerprint density at radius 2 is 1.95 bits per heavy atom. The minimum Gasteiger partial charge on any atom is -0.332 e. The molecule has 0 amide bonds. The zero-order chi connectivity index (χ0) is 14.8. The lowest BCUT2D eigenvalue weighted by Gasteiger charge is -2.21. The van der Waals surface area contributed by atoms with Gasteiger partial charge < -0.3 is 10.3 Å². The van der Waals surface area contributed by atoms with Gasteiger partial charge in [-0.25, -0.2) is 0 Å². The van der Waals surface area contributed by atoms with Crippen LogP contribution in [0.15, 0.2) is 10.6 Å². The zero-order valence-electron chi connectivity index (χ0n) is 12.7. The fourth-order valence-electron chi connectivity index (χ4n) is 2.15. The van der Waals surface area contributed by atoms with Gasteiger partial charge in [0, 0.05) is 6.54 Å². The summed E-state index contributed by atoms with van der Waals surface area (Å²) in [6.45, 7) is 8.95. The summed E-state index contributed by atoms with van der Waals surface area (Å²) in [5, 5.41) is 8.56. The second kappa shape index (κ2) is 5.75. The molecule has 2 aromatic heterocycles. The van der Waals surface area contributed by atoms with Crippen molar-refractivity contribution < 1.29 is 4.52 Å². The van der Waals surface area contributed by atoms with Gasteiger partial charge in [-0.1, -0.05) is 25.9 Å². The summed E-state index contributed by atoms with van der Waals surface area (Å²) in [5.41, 5.74) is 7.66. The van der Waals surface area contributed by atoms with Crippen LogP contribution in [0.1, 0.15) is 52.1 Å². The molecule has 0 aliphatic carbocycles. The van der Waals surface area contributed by atoms with Crippen LogP contribution < -0.4 is 5.73 Å². The first-order valence-corrected chi connectivity index (χ1v) is 7.28. The Morgan fingerprint density at radius 3 is 2.50 bits per heavy atom. The highest BCUT2D eigenvalue weighted by molar-refractivity contribution is 5.48. The third-order valence-electron chi connectivity index (χ3n) is 3.84. The number of rotatable bonds is 6. The van der Waals surface area contributed by atoms with Gasteiger partial charge in [0.2, 0.25) is 0 Å². The molecule has 0 aliphatic rings. The van der Waals surface area contributed by atoms with Crippen molar-refractivity contribution in [2.24, 2.45) is 5.73 Å². The van der Waals surface area contributed by atoms with Crippen molar-refractivity contribution in [1.29, 1.82) is 0 Å². The predicted octanol–water partition coefficient (Wildman–Crippen LogP) is 2.49. The number of hydrogen-bond donors (Lipinski definition) is 1. The monoisotopic (exact) mass is 277 g/mol. The van der Waals surface area contributed by atoms with E-state index in [1.54, 1.807) is 0 Å². The Morgan fingerprint density at radius 1 is 1.25 bits per heavy atom. The summed E-state index contributed by atoms with van der Waals surface area (Å²) in [6.07, 6.45) is 2.43. The third-order valence-corrected chi connectivity index (χ3v) is 3.84. The van der Waals surface area contributed by atoms with Crippen molar-refractivity contribution in [2.75, 3.05) is 0 Å². The molecule has 110 valence electrons. The average molecular weight is 277 g/mol. The lowest BCUT2D eigenvalue weighted by Crippen LogP contribution is -2.36. The summed E-state index contributed by atoms with van der Waals surface area (Å²) in [7, 11) is 0. The largest absolute Gasteiger partial charge is 0.332 e. The Hall–Kier alpha value is -1.69. The number of aryl methyl sites for hydroxylation is 2. The minimum atomic E-state index is -0.521. The van der Waals surface area contributed by atoms with Crippen LogP contribution in [0.5, 0.6) is 0 Å². The van der Waals surface area contributed by atoms with E-state index in [2.05, 4.69) is 22.2 Å². The standard InChI is InChI=1S/C14H23N5O/c1-5-10-9-11(19(8-4)17-10)12-16-13(18-20-12)14(15,6-2)7-3/h9H,5-8,15H2,1-4H3. The van der Waals surface area contributed by atoms with E-state index in [0.29, 0.717) is 11.7 Å². The van der Waals surface area contributed by atoms with Crippen molar-refractivity contribution in [3.05, 3.63) is 17.6 Å². The van der Waals surface area contributed by atoms with Gasteiger partial charge in [0.25, 0.3) is 5.89 Å². The second-order valence-corrected chi connectivity index (χ2v) is 4.98. The maximum absolute atomic E-state index is 6.30. The minimum absolute atomic E-state index is 0.491. The molecule has 20 heavy (non-hydrogen) atoms. The number of hydrogen-bond acceptors (Lipinski definition) is 5. The SMILES string of the molecule is CCc1cc(-c2nc(C(N)(CC)CC)no2)n(CC)n1. The van der Waals surface area contributed by atoms with E-state index in [9.17, 15) is 0 Å². The molecule has 0 unspecified atom stereocenters. The number of nitrogens with two attached hydrogens (primary N) is 1. The third kappa shape index (κ3) is 2.47. The fraction of sp³-hybridized carbons (Fsp3) is 0.643. The van der Waals surface area contributed by atoms with Gasteiger partial charge in [0.15, 0.2) is 5.82 Å². The maximum Gasteiger partial charge on any atom is 0.276 e. The molecule has 6 heteroatoms. The van der Waals surface area contributed by atoms with Crippen LogP contribution in [0.25, 0.3) is 11.6 Å². The Labute approximate surface area is 119 Å². The molecular weight excluding hydrogens is 254 g/mol. The van der Waals surface area contributed by atoms with Crippen LogP contribution in [0.3, 0.4) is 0 Å². The molecule has 0 saturated carbocycles. The van der Waals surface area contributed by atoms with Crippen molar-refractivity contribution >= 4 is 0 Å². The van der Waals surface area contributed by atoms with Crippen LogP contribution in [0, 0.1) is 0 Å². The molecule has 0 bridgehead atoms. The van der Waals surface area contributed by atoms with Gasteiger partial charge in [0.05, 0.1) is 11.2 Å². The zero-order valence-corrected chi connectivity index (χ0v) is 12.7. The van der Waals surface area contributed by atoms with Gasteiger partial charge in [-0.05, 0) is 32.3 Å². The molecule has 0 aromatic carbocycles. The summed E-state index contributed by atoms with van der Waals surface area (Å²) in [5.74, 6) is 1.06. The smallest absolute Gasteiger partial charge is 0.276 e. The highest BCUT2D eigenvalue weighted by Gasteiger charge is 2.29. The molecule has 0 aliphatic heterocycles. The lowest BCUT2D eigenvalue weighted by molar-refractivity contribution is 0.349. The normalized spacial score (nSPS) is 12.1. The van der Waals surface area contributed by atoms with E-state index < -0.39 is 5.54 Å². The van der Waals surface area contributed by atoms with Gasteiger partial charge in [-0.3, -0.25) is 4.68 Å². The summed E-state index contributed by atoms with van der Waals surface area (Å²) in [4.78, 5) is 4.49. The highest BCUT2D eigenvalue weighted by Crippen LogP contribution is 2.26. The van der Waals surface area contributed by atoms with E-state index in [-0.39, 0.29) is 0 Å². The van der Waals surface area contributed by atoms with Gasteiger partial charge >= 0.3 is 0 Å². The topological polar surface area (TPSA) is 82.8 Å². The molecule has 2 rings (SSSR count). The fourth-order valence-corrected chi connectivity index (χ4v) is 2.15. The van der Waals surface area contributed by atoms with Crippen LogP contribution in [0.4, 0.5) is 0 Å². The van der Waals surface area contributed by atoms with E-state index in [4.69, 9.17) is 10.3 Å². The van der Waals surface area contributed by atoms with Gasteiger partial charge in [-0.15, -0.1) is 0 Å². The number of nitrogens with zero attached hydrogens (tertiary/aromatic N) is 4. The quantitative estimate of drug-likeness (QED) is 0.877. The first-order chi connectivity index (χ1) is 9.57. The molecular formula is C14H23N5O. The maximum atomic E-state index is 6.30. The summed E-state index contributed by atoms with van der Waals surface area (Å²) in [6, 6.07) is 2.00. The lowest BCUT2D eigenvalue weighted by atomic mass is 9.93. The van der Waals surface area contributed by atoms with Gasteiger partial charge in [-0.2, -0.15) is 10.1 Å². The molecule has 2 aromatic rings. The molecule has 2 heterocycles. The van der Waals surface area contributed by atoms with Crippen molar-refractivity contribution in [3.8, 4) is 11.6 Å². The van der Waals surface area contributed by atoms with E-state index in [1.807, 2.05) is 31.5 Å². The van der Waals surface area contributed by atoms with Crippen molar-refractivity contribution in [3.63, 3.8) is 0 Å². The van der Waals surface area contributed by atoms with E-state index >= 15 is 0 Å². The average Bonchev–Trinajstić information content (AvgIpc) is 3.12. The first-order valence-electron chi connectivity index (χ1n) is 7.28. The Kier molecular flexibility index (Phi) is 4.23. The van der Waals surface area contributed by atoms with Gasteiger partial charge in [0.1, 0.15) is 5.69 Å². The van der Waals surface area contributed by atoms with Crippen molar-refractivity contribution in [1.82, 2.24) is 19.9 Å². The second-order valence-electron chi connectivity index (χ2n) is 4.98. The molecule has 0 radical (unpaired) electrons. The first kappa shape index (κ1) is 14.7. The van der Waals surface area contributed by atoms with Crippen LogP contribution >= 0.6 is 0 Å². The van der Waals surface area contributed by atoms with Crippen molar-refractivity contribution in [2.45, 2.75) is 59.0 Å². The number of aromatic nitrogens is 4. The molecule has 0 saturated heterocycles. The molecule has 0 atom stereocenters. The van der Waals surface area contributed by atoms with Crippen LogP contribution in [0.2, 0.25) is 0 Å². The van der Waals surface area contributed by atoms with E-state index in [1.165, 1.54) is 0 Å². The Balaban J connectivity index is 2.40. The molecule has 2 N–H and O–H groups in total.